The normalized spacial score (nSPS) is 12.1. The molecule has 0 saturated heterocycles. The lowest BCUT2D eigenvalue weighted by Gasteiger charge is -2.23. The van der Waals surface area contributed by atoms with Gasteiger partial charge in [-0.3, -0.25) is 10.1 Å². The summed E-state index contributed by atoms with van der Waals surface area (Å²) in [6.45, 7) is 0.224. The number of hydrogen-bond acceptors (Lipinski definition) is 6. The third-order valence-corrected chi connectivity index (χ3v) is 2.70. The fraction of sp³-hybridized carbons (Fsp3) is 0.500. The minimum Gasteiger partial charge on any atom is -0.490 e. The van der Waals surface area contributed by atoms with Crippen LogP contribution >= 0.6 is 0 Å². The van der Waals surface area contributed by atoms with Crippen molar-refractivity contribution in [3.8, 4) is 5.75 Å². The van der Waals surface area contributed by atoms with Gasteiger partial charge in [-0.15, -0.1) is 0 Å². The minimum absolute atomic E-state index is 0.0421. The van der Waals surface area contributed by atoms with E-state index in [0.29, 0.717) is 0 Å². The van der Waals surface area contributed by atoms with Crippen molar-refractivity contribution in [3.05, 3.63) is 28.1 Å². The number of anilines is 1. The Balaban J connectivity index is 3.03. The van der Waals surface area contributed by atoms with E-state index >= 15 is 0 Å². The molecule has 0 fully saturated rings. The lowest BCUT2D eigenvalue weighted by atomic mass is 10.2. The monoisotopic (exact) mass is 288 g/mol. The summed E-state index contributed by atoms with van der Waals surface area (Å²) in [5.74, 6) is -0.802. The van der Waals surface area contributed by atoms with Gasteiger partial charge in [-0.1, -0.05) is 0 Å². The van der Waals surface area contributed by atoms with Crippen LogP contribution in [0.4, 0.5) is 15.8 Å². The van der Waals surface area contributed by atoms with Gasteiger partial charge in [-0.2, -0.15) is 0 Å². The van der Waals surface area contributed by atoms with Gasteiger partial charge in [0.25, 0.3) is 0 Å². The van der Waals surface area contributed by atoms with Gasteiger partial charge in [0, 0.05) is 26.8 Å². The Morgan fingerprint density at radius 1 is 1.50 bits per heavy atom. The highest BCUT2D eigenvalue weighted by Gasteiger charge is 2.21. The molecule has 8 heteroatoms. The molecular weight excluding hydrogens is 271 g/mol. The second kappa shape index (κ2) is 7.01. The molecule has 1 atom stereocenters. The van der Waals surface area contributed by atoms with Gasteiger partial charge < -0.3 is 19.5 Å². The summed E-state index contributed by atoms with van der Waals surface area (Å²) < 4.78 is 23.6. The molecule has 1 aromatic rings. The largest absolute Gasteiger partial charge is 0.490 e. The zero-order valence-corrected chi connectivity index (χ0v) is 11.5. The molecule has 1 aromatic carbocycles. The SMILES string of the molecule is COCC(O)CN(C)c1cc(OC)c([N+](=O)[O-])cc1F. The smallest absolute Gasteiger partial charge is 0.313 e. The third-order valence-electron chi connectivity index (χ3n) is 2.70. The average molecular weight is 288 g/mol. The Kier molecular flexibility index (Phi) is 5.66. The van der Waals surface area contributed by atoms with E-state index in [-0.39, 0.29) is 24.6 Å². The quantitative estimate of drug-likeness (QED) is 0.599. The van der Waals surface area contributed by atoms with Crippen LogP contribution in [0, 0.1) is 15.9 Å². The van der Waals surface area contributed by atoms with E-state index < -0.39 is 22.5 Å². The number of nitro groups is 1. The highest BCUT2D eigenvalue weighted by atomic mass is 19.1. The highest BCUT2D eigenvalue weighted by Crippen LogP contribution is 2.33. The molecular formula is C12H17FN2O5. The number of halogens is 1. The molecule has 0 saturated carbocycles. The van der Waals surface area contributed by atoms with E-state index in [1.54, 1.807) is 7.05 Å². The maximum absolute atomic E-state index is 13.9. The molecule has 0 aliphatic heterocycles. The number of aliphatic hydroxyl groups excluding tert-OH is 1. The topological polar surface area (TPSA) is 85.1 Å². The van der Waals surface area contributed by atoms with Crippen molar-refractivity contribution in [2.45, 2.75) is 6.10 Å². The van der Waals surface area contributed by atoms with Crippen molar-refractivity contribution in [2.24, 2.45) is 0 Å². The van der Waals surface area contributed by atoms with Gasteiger partial charge in [0.1, 0.15) is 0 Å². The second-order valence-electron chi connectivity index (χ2n) is 4.22. The number of likely N-dealkylation sites (N-methyl/N-ethyl adjacent to an activating group) is 1. The van der Waals surface area contributed by atoms with Crippen LogP contribution < -0.4 is 9.64 Å². The molecule has 0 amide bonds. The lowest BCUT2D eigenvalue weighted by Crippen LogP contribution is -2.32. The first-order valence-corrected chi connectivity index (χ1v) is 5.80. The number of benzene rings is 1. The van der Waals surface area contributed by atoms with E-state index in [1.807, 2.05) is 0 Å². The van der Waals surface area contributed by atoms with Crippen LogP contribution in [0.25, 0.3) is 0 Å². The average Bonchev–Trinajstić information content (AvgIpc) is 2.38. The number of ether oxygens (including phenoxy) is 2. The number of nitro benzene ring substituents is 1. The summed E-state index contributed by atoms with van der Waals surface area (Å²) in [5.41, 5.74) is -0.345. The molecule has 0 aliphatic carbocycles. The summed E-state index contributed by atoms with van der Waals surface area (Å²) >= 11 is 0. The number of aliphatic hydroxyl groups is 1. The molecule has 0 bridgehead atoms. The maximum Gasteiger partial charge on any atom is 0.313 e. The van der Waals surface area contributed by atoms with Crippen LogP contribution in [0.3, 0.4) is 0 Å². The number of methoxy groups -OCH3 is 2. The Hall–Kier alpha value is -1.93. The molecule has 0 heterocycles. The molecule has 1 unspecified atom stereocenters. The van der Waals surface area contributed by atoms with Crippen LogP contribution in [0.15, 0.2) is 12.1 Å². The van der Waals surface area contributed by atoms with Gasteiger partial charge in [0.05, 0.1) is 36.5 Å². The Morgan fingerprint density at radius 2 is 2.15 bits per heavy atom. The van der Waals surface area contributed by atoms with Crippen LogP contribution in [0.5, 0.6) is 5.75 Å². The Bertz CT molecular complexity index is 483. The van der Waals surface area contributed by atoms with Crippen LogP contribution in [-0.2, 0) is 4.74 Å². The molecule has 0 spiro atoms. The first kappa shape index (κ1) is 16.1. The number of hydrogen-bond donors (Lipinski definition) is 1. The number of nitrogens with zero attached hydrogens (tertiary/aromatic N) is 2. The number of rotatable bonds is 7. The van der Waals surface area contributed by atoms with Crippen molar-refractivity contribution in [2.75, 3.05) is 39.3 Å². The lowest BCUT2D eigenvalue weighted by molar-refractivity contribution is -0.385. The van der Waals surface area contributed by atoms with Crippen molar-refractivity contribution in [3.63, 3.8) is 0 Å². The van der Waals surface area contributed by atoms with Gasteiger partial charge in [0.2, 0.25) is 0 Å². The molecule has 1 rings (SSSR count). The zero-order chi connectivity index (χ0) is 15.3. The van der Waals surface area contributed by atoms with E-state index in [0.717, 1.165) is 6.07 Å². The van der Waals surface area contributed by atoms with E-state index in [2.05, 4.69) is 0 Å². The molecule has 0 aliphatic rings. The highest BCUT2D eigenvalue weighted by molar-refractivity contribution is 5.60. The van der Waals surface area contributed by atoms with Gasteiger partial charge >= 0.3 is 5.69 Å². The molecule has 1 N–H and O–H groups in total. The zero-order valence-electron chi connectivity index (χ0n) is 11.5. The van der Waals surface area contributed by atoms with Gasteiger partial charge in [-0.25, -0.2) is 4.39 Å². The standard InChI is InChI=1S/C12H17FN2O5/c1-14(6-8(16)7-19-2)10-5-12(20-3)11(15(17)18)4-9(10)13/h4-5,8,16H,6-7H2,1-3H3. The van der Waals surface area contributed by atoms with E-state index in [1.165, 1.54) is 25.2 Å². The van der Waals surface area contributed by atoms with Crippen LogP contribution in [0.2, 0.25) is 0 Å². The van der Waals surface area contributed by atoms with Crippen molar-refractivity contribution < 1.29 is 23.9 Å². The van der Waals surface area contributed by atoms with E-state index in [4.69, 9.17) is 9.47 Å². The predicted molar refractivity (Wildman–Crippen MR) is 70.8 cm³/mol. The van der Waals surface area contributed by atoms with E-state index in [9.17, 15) is 19.6 Å². The van der Waals surface area contributed by atoms with Gasteiger partial charge in [-0.05, 0) is 0 Å². The maximum atomic E-state index is 13.9. The molecule has 0 aromatic heterocycles. The van der Waals surface area contributed by atoms with Crippen LogP contribution in [0.1, 0.15) is 0 Å². The minimum atomic E-state index is -0.800. The Morgan fingerprint density at radius 3 is 2.65 bits per heavy atom. The van der Waals surface area contributed by atoms with Crippen molar-refractivity contribution in [1.29, 1.82) is 0 Å². The van der Waals surface area contributed by atoms with Gasteiger partial charge in [0.15, 0.2) is 11.6 Å². The first-order chi connectivity index (χ1) is 9.40. The van der Waals surface area contributed by atoms with Crippen molar-refractivity contribution >= 4 is 11.4 Å². The first-order valence-electron chi connectivity index (χ1n) is 5.80. The second-order valence-corrected chi connectivity index (χ2v) is 4.22. The van der Waals surface area contributed by atoms with Crippen LogP contribution in [-0.4, -0.2) is 50.6 Å². The Labute approximate surface area is 115 Å². The molecule has 20 heavy (non-hydrogen) atoms. The molecule has 112 valence electrons. The summed E-state index contributed by atoms with van der Waals surface area (Å²) in [5, 5.41) is 20.4. The third kappa shape index (κ3) is 3.78. The summed E-state index contributed by atoms with van der Waals surface area (Å²) in [7, 11) is 4.27. The molecule has 0 radical (unpaired) electrons. The fourth-order valence-electron chi connectivity index (χ4n) is 1.79. The van der Waals surface area contributed by atoms with Crippen molar-refractivity contribution in [1.82, 2.24) is 0 Å². The molecule has 7 nitrogen and oxygen atoms in total. The fourth-order valence-corrected chi connectivity index (χ4v) is 1.79. The summed E-state index contributed by atoms with van der Waals surface area (Å²) in [4.78, 5) is 11.5. The predicted octanol–water partition coefficient (Wildman–Crippen LogP) is 1.19. The summed E-state index contributed by atoms with van der Waals surface area (Å²) in [6.07, 6.45) is -0.800. The summed E-state index contributed by atoms with van der Waals surface area (Å²) in [6, 6.07) is 2.03.